The molecule has 142 valence electrons. The number of carbonyl (C=O) groups is 1. The van der Waals surface area contributed by atoms with Crippen molar-refractivity contribution in [3.63, 3.8) is 0 Å². The molecule has 0 N–H and O–H groups in total. The number of amides is 1. The fraction of sp³-hybridized carbons (Fsp3) is 0.350. The van der Waals surface area contributed by atoms with Crippen molar-refractivity contribution in [2.45, 2.75) is 26.3 Å². The van der Waals surface area contributed by atoms with Crippen LogP contribution < -0.4 is 9.47 Å². The predicted molar refractivity (Wildman–Crippen MR) is 100 cm³/mol. The van der Waals surface area contributed by atoms with E-state index >= 15 is 0 Å². The maximum absolute atomic E-state index is 12.7. The minimum atomic E-state index is -0.413. The molecule has 1 aliphatic rings. The third-order valence-corrected chi connectivity index (χ3v) is 4.88. The minimum absolute atomic E-state index is 0.00341. The fourth-order valence-corrected chi connectivity index (χ4v) is 3.41. The summed E-state index contributed by atoms with van der Waals surface area (Å²) in [4.78, 5) is 25.0. The number of benzene rings is 2. The second-order valence-corrected chi connectivity index (χ2v) is 6.60. The molecule has 1 amide bonds. The number of hydrogen-bond acceptors (Lipinski definition) is 5. The van der Waals surface area contributed by atoms with E-state index in [2.05, 4.69) is 0 Å². The van der Waals surface area contributed by atoms with Gasteiger partial charge in [0.1, 0.15) is 0 Å². The number of hydrogen-bond donors (Lipinski definition) is 0. The largest absolute Gasteiger partial charge is 0.493 e. The van der Waals surface area contributed by atoms with E-state index < -0.39 is 4.92 Å². The number of nitrogens with zero attached hydrogens (tertiary/aromatic N) is 2. The average Bonchev–Trinajstić information content (AvgIpc) is 2.66. The lowest BCUT2D eigenvalue weighted by Gasteiger charge is -2.29. The van der Waals surface area contributed by atoms with Gasteiger partial charge >= 0.3 is 0 Å². The zero-order chi connectivity index (χ0) is 19.6. The van der Waals surface area contributed by atoms with Crippen LogP contribution in [0.4, 0.5) is 5.69 Å². The highest BCUT2D eigenvalue weighted by Gasteiger charge is 2.23. The zero-order valence-electron chi connectivity index (χ0n) is 15.7. The summed E-state index contributed by atoms with van der Waals surface area (Å²) in [5.41, 5.74) is 3.61. The molecule has 0 unspecified atom stereocenters. The van der Waals surface area contributed by atoms with Crippen LogP contribution in [0.1, 0.15) is 22.3 Å². The van der Waals surface area contributed by atoms with Crippen LogP contribution in [0.25, 0.3) is 0 Å². The Balaban J connectivity index is 1.74. The number of ether oxygens (including phenoxy) is 2. The smallest absolute Gasteiger partial charge is 0.272 e. The van der Waals surface area contributed by atoms with Gasteiger partial charge in [-0.15, -0.1) is 0 Å². The van der Waals surface area contributed by atoms with Crippen molar-refractivity contribution in [2.24, 2.45) is 0 Å². The van der Waals surface area contributed by atoms with Crippen LogP contribution in [0.3, 0.4) is 0 Å². The highest BCUT2D eigenvalue weighted by atomic mass is 16.6. The zero-order valence-corrected chi connectivity index (χ0v) is 15.7. The summed E-state index contributed by atoms with van der Waals surface area (Å²) >= 11 is 0. The van der Waals surface area contributed by atoms with Gasteiger partial charge < -0.3 is 14.4 Å². The third kappa shape index (κ3) is 3.86. The van der Waals surface area contributed by atoms with Crippen LogP contribution in [0, 0.1) is 17.0 Å². The number of carbonyl (C=O) groups excluding carboxylic acids is 1. The molecule has 0 atom stereocenters. The Hall–Kier alpha value is -3.09. The van der Waals surface area contributed by atoms with Crippen molar-refractivity contribution in [3.8, 4) is 11.5 Å². The van der Waals surface area contributed by atoms with Crippen molar-refractivity contribution >= 4 is 11.6 Å². The summed E-state index contributed by atoms with van der Waals surface area (Å²) < 4.78 is 10.7. The molecule has 2 aromatic rings. The van der Waals surface area contributed by atoms with Crippen LogP contribution in [0.5, 0.6) is 11.5 Å². The van der Waals surface area contributed by atoms with Gasteiger partial charge in [-0.25, -0.2) is 0 Å². The van der Waals surface area contributed by atoms with Crippen LogP contribution in [-0.2, 0) is 24.2 Å². The van der Waals surface area contributed by atoms with Crippen LogP contribution >= 0.6 is 0 Å². The van der Waals surface area contributed by atoms with Gasteiger partial charge in [0.2, 0.25) is 5.91 Å². The van der Waals surface area contributed by atoms with Crippen molar-refractivity contribution in [1.82, 2.24) is 4.90 Å². The van der Waals surface area contributed by atoms with Gasteiger partial charge in [0.25, 0.3) is 5.69 Å². The van der Waals surface area contributed by atoms with Gasteiger partial charge in [-0.3, -0.25) is 14.9 Å². The molecular weight excluding hydrogens is 348 g/mol. The molecule has 7 nitrogen and oxygen atoms in total. The van der Waals surface area contributed by atoms with Crippen LogP contribution in [-0.4, -0.2) is 36.5 Å². The number of rotatable bonds is 5. The van der Waals surface area contributed by atoms with Crippen molar-refractivity contribution < 1.29 is 19.2 Å². The molecular formula is C20H22N2O5. The number of fused-ring (bicyclic) bond motifs is 1. The monoisotopic (exact) mass is 370 g/mol. The van der Waals surface area contributed by atoms with Gasteiger partial charge in [0.15, 0.2) is 11.5 Å². The standard InChI is InChI=1S/C20H22N2O5/c1-13-8-14(4-5-17(13)22(24)25)9-20(23)21-7-6-15-10-18(26-2)19(27-3)11-16(15)12-21/h4-5,8,10-11H,6-7,9,12H2,1-3H3. The summed E-state index contributed by atoms with van der Waals surface area (Å²) in [5.74, 6) is 1.35. The Kier molecular flexibility index (Phi) is 5.30. The quantitative estimate of drug-likeness (QED) is 0.597. The van der Waals surface area contributed by atoms with Crippen molar-refractivity contribution in [2.75, 3.05) is 20.8 Å². The number of nitro benzene ring substituents is 1. The van der Waals surface area contributed by atoms with Crippen molar-refractivity contribution in [1.29, 1.82) is 0 Å². The molecule has 27 heavy (non-hydrogen) atoms. The second-order valence-electron chi connectivity index (χ2n) is 6.60. The molecule has 2 aromatic carbocycles. The Labute approximate surface area is 157 Å². The van der Waals surface area contributed by atoms with E-state index in [9.17, 15) is 14.9 Å². The lowest BCUT2D eigenvalue weighted by molar-refractivity contribution is -0.385. The first kappa shape index (κ1) is 18.7. The first-order valence-electron chi connectivity index (χ1n) is 8.68. The Morgan fingerprint density at radius 1 is 1.15 bits per heavy atom. The number of nitro groups is 1. The van der Waals surface area contributed by atoms with Gasteiger partial charge in [-0.05, 0) is 48.2 Å². The highest BCUT2D eigenvalue weighted by Crippen LogP contribution is 2.33. The van der Waals surface area contributed by atoms with E-state index in [4.69, 9.17) is 9.47 Å². The average molecular weight is 370 g/mol. The predicted octanol–water partition coefficient (Wildman–Crippen LogP) is 3.05. The summed E-state index contributed by atoms with van der Waals surface area (Å²) in [6.45, 7) is 2.83. The SMILES string of the molecule is COc1cc2c(cc1OC)CN(C(=O)Cc1ccc([N+](=O)[O-])c(C)c1)CC2. The first-order valence-corrected chi connectivity index (χ1v) is 8.68. The summed E-state index contributed by atoms with van der Waals surface area (Å²) in [7, 11) is 3.20. The molecule has 0 bridgehead atoms. The maximum Gasteiger partial charge on any atom is 0.272 e. The fourth-order valence-electron chi connectivity index (χ4n) is 3.41. The molecule has 3 rings (SSSR count). The molecule has 0 fully saturated rings. The Bertz CT molecular complexity index is 894. The molecule has 0 radical (unpaired) electrons. The summed E-state index contributed by atoms with van der Waals surface area (Å²) in [6, 6.07) is 8.70. The van der Waals surface area contributed by atoms with Crippen LogP contribution in [0.2, 0.25) is 0 Å². The molecule has 0 saturated heterocycles. The van der Waals surface area contributed by atoms with Crippen LogP contribution in [0.15, 0.2) is 30.3 Å². The molecule has 0 saturated carbocycles. The van der Waals surface area contributed by atoms with Gasteiger partial charge in [-0.2, -0.15) is 0 Å². The van der Waals surface area contributed by atoms with E-state index in [1.165, 1.54) is 6.07 Å². The maximum atomic E-state index is 12.7. The summed E-state index contributed by atoms with van der Waals surface area (Å²) in [6.07, 6.45) is 0.974. The normalized spacial score (nSPS) is 13.1. The van der Waals surface area contributed by atoms with E-state index in [1.807, 2.05) is 17.0 Å². The molecule has 1 aliphatic heterocycles. The molecule has 0 aromatic heterocycles. The van der Waals surface area contributed by atoms with E-state index in [0.717, 1.165) is 23.1 Å². The Morgan fingerprint density at radius 3 is 2.41 bits per heavy atom. The van der Waals surface area contributed by atoms with E-state index in [-0.39, 0.29) is 18.0 Å². The minimum Gasteiger partial charge on any atom is -0.493 e. The van der Waals surface area contributed by atoms with Gasteiger partial charge in [0, 0.05) is 24.7 Å². The van der Waals surface area contributed by atoms with Gasteiger partial charge in [-0.1, -0.05) is 6.07 Å². The third-order valence-electron chi connectivity index (χ3n) is 4.88. The highest BCUT2D eigenvalue weighted by molar-refractivity contribution is 5.79. The summed E-state index contributed by atoms with van der Waals surface area (Å²) in [5, 5.41) is 10.9. The first-order chi connectivity index (χ1) is 12.9. The lowest BCUT2D eigenvalue weighted by Crippen LogP contribution is -2.37. The van der Waals surface area contributed by atoms with E-state index in [0.29, 0.717) is 30.2 Å². The molecule has 7 heteroatoms. The molecule has 1 heterocycles. The lowest BCUT2D eigenvalue weighted by atomic mass is 9.98. The Morgan fingerprint density at radius 2 is 1.81 bits per heavy atom. The molecule has 0 aliphatic carbocycles. The number of methoxy groups -OCH3 is 2. The number of aryl methyl sites for hydroxylation is 1. The second kappa shape index (κ2) is 7.65. The van der Waals surface area contributed by atoms with Crippen molar-refractivity contribution in [3.05, 3.63) is 62.7 Å². The topological polar surface area (TPSA) is 81.9 Å². The molecule has 0 spiro atoms. The van der Waals surface area contributed by atoms with Gasteiger partial charge in [0.05, 0.1) is 25.6 Å². The van der Waals surface area contributed by atoms with E-state index in [1.54, 1.807) is 33.3 Å².